The zero-order valence-corrected chi connectivity index (χ0v) is 16.1. The van der Waals surface area contributed by atoms with Crippen LogP contribution in [0, 0.1) is 12.7 Å². The Labute approximate surface area is 171 Å². The minimum absolute atomic E-state index is 0.0692. The van der Waals surface area contributed by atoms with Gasteiger partial charge in [-0.1, -0.05) is 30.3 Å². The Bertz CT molecular complexity index is 1280. The maximum absolute atomic E-state index is 13.4. The van der Waals surface area contributed by atoms with Crippen LogP contribution in [0.15, 0.2) is 60.8 Å². The first kappa shape index (κ1) is 19.3. The van der Waals surface area contributed by atoms with Gasteiger partial charge >= 0.3 is 0 Å². The number of carbonyl (C=O) groups is 2. The third-order valence-corrected chi connectivity index (χ3v) is 4.64. The molecule has 4 aromatic rings. The van der Waals surface area contributed by atoms with Gasteiger partial charge < -0.3 is 11.1 Å². The first-order valence-electron chi connectivity index (χ1n) is 9.20. The van der Waals surface area contributed by atoms with Crippen molar-refractivity contribution in [2.24, 2.45) is 5.73 Å². The fraction of sp³-hybridized carbons (Fsp3) is 0.0909. The van der Waals surface area contributed by atoms with Gasteiger partial charge in [0.15, 0.2) is 0 Å². The van der Waals surface area contributed by atoms with Gasteiger partial charge in [0.05, 0.1) is 29.0 Å². The fourth-order valence-electron chi connectivity index (χ4n) is 3.23. The molecular weight excluding hydrogens is 385 g/mol. The number of rotatable bonds is 5. The van der Waals surface area contributed by atoms with Crippen molar-refractivity contribution in [1.29, 1.82) is 0 Å². The monoisotopic (exact) mass is 403 g/mol. The molecule has 0 unspecified atom stereocenters. The minimum Gasteiger partial charge on any atom is -0.366 e. The van der Waals surface area contributed by atoms with Crippen LogP contribution < -0.4 is 11.1 Å². The molecule has 3 N–H and O–H groups in total. The second kappa shape index (κ2) is 7.75. The number of aromatic nitrogens is 3. The number of nitrogens with two attached hydrogens (primary N) is 1. The van der Waals surface area contributed by atoms with Crippen molar-refractivity contribution in [3.05, 3.63) is 89.1 Å². The van der Waals surface area contributed by atoms with E-state index in [2.05, 4.69) is 15.4 Å². The third-order valence-electron chi connectivity index (χ3n) is 4.64. The predicted octanol–water partition coefficient (Wildman–Crippen LogP) is 3.28. The zero-order valence-electron chi connectivity index (χ0n) is 16.1. The van der Waals surface area contributed by atoms with E-state index in [0.717, 1.165) is 5.56 Å². The summed E-state index contributed by atoms with van der Waals surface area (Å²) in [5, 5.41) is 7.71. The van der Waals surface area contributed by atoms with Crippen molar-refractivity contribution in [2.45, 2.75) is 13.5 Å². The largest absolute Gasteiger partial charge is 0.366 e. The van der Waals surface area contributed by atoms with E-state index in [0.29, 0.717) is 28.8 Å². The smallest absolute Gasteiger partial charge is 0.274 e. The highest BCUT2D eigenvalue weighted by Gasteiger charge is 2.17. The number of anilines is 1. The summed E-state index contributed by atoms with van der Waals surface area (Å²) in [5.74, 6) is -1.45. The molecule has 0 fully saturated rings. The number of primary amides is 1. The summed E-state index contributed by atoms with van der Waals surface area (Å²) >= 11 is 0. The summed E-state index contributed by atoms with van der Waals surface area (Å²) in [7, 11) is 0. The van der Waals surface area contributed by atoms with E-state index in [1.165, 1.54) is 18.2 Å². The van der Waals surface area contributed by atoms with E-state index in [-0.39, 0.29) is 17.1 Å². The summed E-state index contributed by atoms with van der Waals surface area (Å²) in [4.78, 5) is 29.0. The lowest BCUT2D eigenvalue weighted by Crippen LogP contribution is -2.17. The van der Waals surface area contributed by atoms with Crippen molar-refractivity contribution in [2.75, 3.05) is 5.32 Å². The fourth-order valence-corrected chi connectivity index (χ4v) is 3.23. The lowest BCUT2D eigenvalue weighted by molar-refractivity contribution is 0.100. The maximum Gasteiger partial charge on any atom is 0.274 e. The lowest BCUT2D eigenvalue weighted by Gasteiger charge is -2.07. The maximum atomic E-state index is 13.4. The highest BCUT2D eigenvalue weighted by atomic mass is 19.1. The summed E-state index contributed by atoms with van der Waals surface area (Å²) in [6, 6.07) is 14.6. The number of amides is 2. The molecule has 0 spiro atoms. The second-order valence-corrected chi connectivity index (χ2v) is 6.85. The molecule has 150 valence electrons. The van der Waals surface area contributed by atoms with Crippen molar-refractivity contribution in [3.63, 3.8) is 0 Å². The van der Waals surface area contributed by atoms with Crippen LogP contribution in [-0.2, 0) is 6.54 Å². The molecule has 30 heavy (non-hydrogen) atoms. The van der Waals surface area contributed by atoms with E-state index < -0.39 is 11.8 Å². The number of nitrogens with one attached hydrogen (secondary N) is 1. The molecule has 2 heterocycles. The van der Waals surface area contributed by atoms with Gasteiger partial charge in [0.1, 0.15) is 11.5 Å². The second-order valence-electron chi connectivity index (χ2n) is 6.85. The Morgan fingerprint density at radius 1 is 1.13 bits per heavy atom. The van der Waals surface area contributed by atoms with Crippen molar-refractivity contribution >= 4 is 28.4 Å². The molecule has 8 heteroatoms. The molecule has 0 atom stereocenters. The normalized spacial score (nSPS) is 10.9. The van der Waals surface area contributed by atoms with Gasteiger partial charge in [-0.2, -0.15) is 5.10 Å². The highest BCUT2D eigenvalue weighted by Crippen LogP contribution is 2.20. The number of carbonyl (C=O) groups excluding carboxylic acids is 2. The number of hydrogen-bond acceptors (Lipinski definition) is 4. The Balaban J connectivity index is 1.60. The Hall–Kier alpha value is -4.07. The Kier molecular flexibility index (Phi) is 4.97. The van der Waals surface area contributed by atoms with E-state index >= 15 is 0 Å². The molecule has 4 rings (SSSR count). The minimum atomic E-state index is -0.637. The van der Waals surface area contributed by atoms with Gasteiger partial charge in [-0.3, -0.25) is 14.3 Å². The SMILES string of the molecule is Cc1nn(Cc2cccc(F)c2)cc1NC(=O)c1cc(C(N)=O)c2ccccc2n1. The number of benzene rings is 2. The van der Waals surface area contributed by atoms with Crippen molar-refractivity contribution < 1.29 is 14.0 Å². The van der Waals surface area contributed by atoms with Gasteiger partial charge in [-0.15, -0.1) is 0 Å². The molecule has 0 saturated carbocycles. The molecule has 2 amide bonds. The molecule has 7 nitrogen and oxygen atoms in total. The van der Waals surface area contributed by atoms with Crippen LogP contribution in [0.1, 0.15) is 32.1 Å². The van der Waals surface area contributed by atoms with Crippen LogP contribution >= 0.6 is 0 Å². The van der Waals surface area contributed by atoms with Crippen molar-refractivity contribution in [3.8, 4) is 0 Å². The van der Waals surface area contributed by atoms with Gasteiger partial charge in [0.25, 0.3) is 5.91 Å². The molecular formula is C22H18FN5O2. The summed E-state index contributed by atoms with van der Waals surface area (Å²) in [6.07, 6.45) is 1.66. The van der Waals surface area contributed by atoms with Crippen LogP contribution in [0.5, 0.6) is 0 Å². The number of fused-ring (bicyclic) bond motifs is 1. The molecule has 2 aromatic carbocycles. The summed E-state index contributed by atoms with van der Waals surface area (Å²) in [6.45, 7) is 2.11. The molecule has 0 aliphatic rings. The van der Waals surface area contributed by atoms with E-state index in [1.807, 2.05) is 0 Å². The average Bonchev–Trinajstić information content (AvgIpc) is 3.05. The van der Waals surface area contributed by atoms with Crippen LogP contribution in [0.2, 0.25) is 0 Å². The summed E-state index contributed by atoms with van der Waals surface area (Å²) in [5.41, 5.74) is 8.10. The first-order valence-corrected chi connectivity index (χ1v) is 9.20. The highest BCUT2D eigenvalue weighted by molar-refractivity contribution is 6.10. The number of hydrogen-bond donors (Lipinski definition) is 2. The topological polar surface area (TPSA) is 103 Å². The van der Waals surface area contributed by atoms with Gasteiger partial charge in [0, 0.05) is 11.6 Å². The third kappa shape index (κ3) is 3.88. The van der Waals surface area contributed by atoms with Crippen molar-refractivity contribution in [1.82, 2.24) is 14.8 Å². The van der Waals surface area contributed by atoms with Gasteiger partial charge in [-0.25, -0.2) is 9.37 Å². The predicted molar refractivity (Wildman–Crippen MR) is 111 cm³/mol. The van der Waals surface area contributed by atoms with E-state index in [1.54, 1.807) is 54.2 Å². The van der Waals surface area contributed by atoms with Crippen LogP contribution in [0.4, 0.5) is 10.1 Å². The van der Waals surface area contributed by atoms with Crippen LogP contribution in [-0.4, -0.2) is 26.6 Å². The molecule has 0 radical (unpaired) electrons. The van der Waals surface area contributed by atoms with Gasteiger partial charge in [-0.05, 0) is 36.8 Å². The first-order chi connectivity index (χ1) is 14.4. The lowest BCUT2D eigenvalue weighted by atomic mass is 10.1. The molecule has 0 aliphatic heterocycles. The number of nitrogens with zero attached hydrogens (tertiary/aromatic N) is 3. The molecule has 0 bridgehead atoms. The molecule has 2 aromatic heterocycles. The average molecular weight is 403 g/mol. The number of pyridine rings is 1. The summed E-state index contributed by atoms with van der Waals surface area (Å²) < 4.78 is 15.0. The molecule has 0 aliphatic carbocycles. The van der Waals surface area contributed by atoms with Gasteiger partial charge in [0.2, 0.25) is 5.91 Å². The quantitative estimate of drug-likeness (QED) is 0.534. The number of halogens is 1. The Morgan fingerprint density at radius 3 is 2.70 bits per heavy atom. The number of aryl methyl sites for hydroxylation is 1. The van der Waals surface area contributed by atoms with Crippen LogP contribution in [0.25, 0.3) is 10.9 Å². The Morgan fingerprint density at radius 2 is 1.93 bits per heavy atom. The molecule has 0 saturated heterocycles. The number of para-hydroxylation sites is 1. The van der Waals surface area contributed by atoms with E-state index in [9.17, 15) is 14.0 Å². The zero-order chi connectivity index (χ0) is 21.3. The standard InChI is InChI=1S/C22H18FN5O2/c1-13-20(12-28(27-13)11-14-5-4-6-15(23)9-14)26-22(30)19-10-17(21(24)29)16-7-2-3-8-18(16)25-19/h2-10,12H,11H2,1H3,(H2,24,29)(H,26,30). The van der Waals surface area contributed by atoms with Crippen LogP contribution in [0.3, 0.4) is 0 Å². The van der Waals surface area contributed by atoms with E-state index in [4.69, 9.17) is 5.73 Å².